The molecule has 4 N–H and O–H groups in total. The fraction of sp³-hybridized carbons (Fsp3) is 0.211. The molecule has 0 aliphatic rings. The minimum Gasteiger partial charge on any atom is -0.340 e. The Hall–Kier alpha value is -2.00. The van der Waals surface area contributed by atoms with Crippen LogP contribution in [0.1, 0.15) is 16.8 Å². The highest BCUT2D eigenvalue weighted by molar-refractivity contribution is 7.98. The molecular weight excluding hydrogens is 451 g/mol. The summed E-state index contributed by atoms with van der Waals surface area (Å²) in [7, 11) is 0. The number of hydrazine groups is 1. The molecule has 0 bridgehead atoms. The van der Waals surface area contributed by atoms with E-state index in [1.54, 1.807) is 17.8 Å². The predicted molar refractivity (Wildman–Crippen MR) is 125 cm³/mol. The van der Waals surface area contributed by atoms with E-state index in [1.165, 1.54) is 12.1 Å². The highest BCUT2D eigenvalue weighted by Gasteiger charge is 2.22. The van der Waals surface area contributed by atoms with Crippen LogP contribution in [0.25, 0.3) is 0 Å². The number of halogens is 2. The lowest BCUT2D eigenvalue weighted by Crippen LogP contribution is -2.53. The molecule has 2 amide bonds. The van der Waals surface area contributed by atoms with Crippen molar-refractivity contribution in [2.75, 3.05) is 17.3 Å². The maximum absolute atomic E-state index is 12.6. The normalized spacial score (nSPS) is 11.3. The van der Waals surface area contributed by atoms with Gasteiger partial charge in [0, 0.05) is 10.7 Å². The summed E-state index contributed by atoms with van der Waals surface area (Å²) in [5.74, 6) is -0.202. The zero-order chi connectivity index (χ0) is 21.2. The maximum Gasteiger partial charge on any atom is 0.260 e. The number of thioether (sulfide) groups is 1. The summed E-state index contributed by atoms with van der Waals surface area (Å²) in [6.45, 7) is 0. The summed E-state index contributed by atoms with van der Waals surface area (Å²) in [5, 5.41) is 6.51. The minimum absolute atomic E-state index is 0.213. The van der Waals surface area contributed by atoms with Gasteiger partial charge in [0.2, 0.25) is 0 Å². The van der Waals surface area contributed by atoms with Gasteiger partial charge in [0.05, 0.1) is 10.6 Å². The molecule has 0 aromatic heterocycles. The summed E-state index contributed by atoms with van der Waals surface area (Å²) in [6.07, 6.45) is 2.36. The van der Waals surface area contributed by atoms with Crippen LogP contribution in [0.15, 0.2) is 48.5 Å². The number of carbonyl (C=O) groups is 2. The Kier molecular flexibility index (Phi) is 9.53. The van der Waals surface area contributed by atoms with Crippen molar-refractivity contribution < 1.29 is 9.59 Å². The molecule has 0 aliphatic carbocycles. The maximum atomic E-state index is 12.6. The number of para-hydroxylation sites is 1. The summed E-state index contributed by atoms with van der Waals surface area (Å²) in [6, 6.07) is 13.1. The van der Waals surface area contributed by atoms with Crippen molar-refractivity contribution in [3.05, 3.63) is 64.1 Å². The largest absolute Gasteiger partial charge is 0.340 e. The lowest BCUT2D eigenvalue weighted by atomic mass is 10.1. The lowest BCUT2D eigenvalue weighted by Gasteiger charge is -2.19. The smallest absolute Gasteiger partial charge is 0.260 e. The Morgan fingerprint density at radius 1 is 1.10 bits per heavy atom. The highest BCUT2D eigenvalue weighted by atomic mass is 35.5. The van der Waals surface area contributed by atoms with E-state index in [0.717, 1.165) is 5.69 Å². The second kappa shape index (κ2) is 11.9. The Labute approximate surface area is 189 Å². The predicted octanol–water partition coefficient (Wildman–Crippen LogP) is 3.86. The van der Waals surface area contributed by atoms with Gasteiger partial charge in [-0.25, -0.2) is 0 Å². The first-order chi connectivity index (χ1) is 13.9. The van der Waals surface area contributed by atoms with Crippen LogP contribution >= 0.6 is 47.2 Å². The molecule has 0 aliphatic heterocycles. The molecule has 2 rings (SSSR count). The van der Waals surface area contributed by atoms with Crippen LogP contribution in [0, 0.1) is 0 Å². The number of hydrogen-bond donors (Lipinski definition) is 4. The van der Waals surface area contributed by atoms with Crippen LogP contribution in [0.4, 0.5) is 5.69 Å². The quantitative estimate of drug-likeness (QED) is 0.363. The van der Waals surface area contributed by atoms with Crippen LogP contribution in [-0.2, 0) is 4.79 Å². The van der Waals surface area contributed by atoms with Crippen molar-refractivity contribution in [2.24, 2.45) is 0 Å². The fourth-order valence-corrected chi connectivity index (χ4v) is 3.44. The first kappa shape index (κ1) is 23.3. The van der Waals surface area contributed by atoms with Gasteiger partial charge in [-0.1, -0.05) is 41.4 Å². The third-order valence-corrected chi connectivity index (χ3v) is 5.13. The van der Waals surface area contributed by atoms with Crippen LogP contribution in [0.5, 0.6) is 0 Å². The van der Waals surface area contributed by atoms with Crippen LogP contribution in [0.2, 0.25) is 10.0 Å². The minimum atomic E-state index is -0.770. The molecule has 6 nitrogen and oxygen atoms in total. The first-order valence-electron chi connectivity index (χ1n) is 8.57. The molecule has 1 atom stereocenters. The topological polar surface area (TPSA) is 82.3 Å². The van der Waals surface area contributed by atoms with Gasteiger partial charge in [0.1, 0.15) is 6.04 Å². The van der Waals surface area contributed by atoms with Gasteiger partial charge in [-0.15, -0.1) is 0 Å². The summed E-state index contributed by atoms with van der Waals surface area (Å²) < 4.78 is 0. The number of benzene rings is 2. The molecule has 154 valence electrons. The molecule has 0 saturated heterocycles. The van der Waals surface area contributed by atoms with E-state index in [2.05, 4.69) is 21.5 Å². The summed E-state index contributed by atoms with van der Waals surface area (Å²) >= 11 is 18.7. The third-order valence-electron chi connectivity index (χ3n) is 3.74. The van der Waals surface area contributed by atoms with E-state index < -0.39 is 17.9 Å². The molecule has 0 fully saturated rings. The van der Waals surface area contributed by atoms with Gasteiger partial charge in [0.15, 0.2) is 5.11 Å². The van der Waals surface area contributed by atoms with E-state index in [1.807, 2.05) is 36.6 Å². The number of hydrogen-bond acceptors (Lipinski definition) is 4. The number of anilines is 1. The second-order valence-corrected chi connectivity index (χ2v) is 8.10. The average molecular weight is 471 g/mol. The molecule has 0 saturated carbocycles. The zero-order valence-electron chi connectivity index (χ0n) is 15.5. The van der Waals surface area contributed by atoms with Gasteiger partial charge >= 0.3 is 0 Å². The van der Waals surface area contributed by atoms with Crippen molar-refractivity contribution >= 4 is 69.8 Å². The molecular formula is C19H20Cl2N4O2S2. The molecule has 0 spiro atoms. The van der Waals surface area contributed by atoms with Crippen LogP contribution in [-0.4, -0.2) is 35.0 Å². The molecule has 29 heavy (non-hydrogen) atoms. The highest BCUT2D eigenvalue weighted by Crippen LogP contribution is 2.21. The summed E-state index contributed by atoms with van der Waals surface area (Å²) in [5.41, 5.74) is 6.18. The molecule has 1 unspecified atom stereocenters. The molecule has 2 aromatic rings. The van der Waals surface area contributed by atoms with Crippen LogP contribution < -0.4 is 21.5 Å². The zero-order valence-corrected chi connectivity index (χ0v) is 18.6. The van der Waals surface area contributed by atoms with Gasteiger partial charge in [-0.3, -0.25) is 20.4 Å². The number of rotatable bonds is 7. The van der Waals surface area contributed by atoms with Gasteiger partial charge in [0.25, 0.3) is 11.8 Å². The average Bonchev–Trinajstić information content (AvgIpc) is 2.69. The SMILES string of the molecule is CSCCC(NC(=O)c1ccc(Cl)cc1Cl)C(=O)NNC(=S)Nc1ccccc1. The summed E-state index contributed by atoms with van der Waals surface area (Å²) in [4.78, 5) is 25.1. The van der Waals surface area contributed by atoms with Crippen molar-refractivity contribution in [3.8, 4) is 0 Å². The second-order valence-electron chi connectivity index (χ2n) is 5.87. The molecule has 10 heteroatoms. The standard InChI is InChI=1S/C19H20Cl2N4O2S2/c1-29-10-9-16(23-17(26)14-8-7-12(20)11-15(14)21)18(27)24-25-19(28)22-13-5-3-2-4-6-13/h2-8,11,16H,9-10H2,1H3,(H,23,26)(H,24,27)(H2,22,25,28). The van der Waals surface area contributed by atoms with Gasteiger partial charge in [-0.05, 0) is 61.0 Å². The lowest BCUT2D eigenvalue weighted by molar-refractivity contribution is -0.123. The number of carbonyl (C=O) groups excluding carboxylic acids is 2. The third kappa shape index (κ3) is 7.74. The Morgan fingerprint density at radius 2 is 1.83 bits per heavy atom. The van der Waals surface area contributed by atoms with Crippen molar-refractivity contribution in [1.82, 2.24) is 16.2 Å². The Morgan fingerprint density at radius 3 is 2.48 bits per heavy atom. The number of nitrogens with one attached hydrogen (secondary N) is 4. The van der Waals surface area contributed by atoms with Crippen molar-refractivity contribution in [1.29, 1.82) is 0 Å². The van der Waals surface area contributed by atoms with Crippen molar-refractivity contribution in [2.45, 2.75) is 12.5 Å². The van der Waals surface area contributed by atoms with Gasteiger partial charge < -0.3 is 10.6 Å². The number of amides is 2. The molecule has 0 heterocycles. The monoisotopic (exact) mass is 470 g/mol. The Balaban J connectivity index is 1.96. The van der Waals surface area contributed by atoms with Crippen LogP contribution in [0.3, 0.4) is 0 Å². The molecule has 2 aromatic carbocycles. The van der Waals surface area contributed by atoms with E-state index in [-0.39, 0.29) is 15.7 Å². The molecule has 0 radical (unpaired) electrons. The van der Waals surface area contributed by atoms with Gasteiger partial charge in [-0.2, -0.15) is 11.8 Å². The van der Waals surface area contributed by atoms with E-state index in [4.69, 9.17) is 35.4 Å². The first-order valence-corrected chi connectivity index (χ1v) is 11.1. The fourth-order valence-electron chi connectivity index (χ4n) is 2.30. The Bertz CT molecular complexity index is 869. The number of thiocarbonyl (C=S) groups is 1. The van der Waals surface area contributed by atoms with Crippen molar-refractivity contribution in [3.63, 3.8) is 0 Å². The van der Waals surface area contributed by atoms with E-state index in [0.29, 0.717) is 17.2 Å². The van der Waals surface area contributed by atoms with E-state index >= 15 is 0 Å². The van der Waals surface area contributed by atoms with E-state index in [9.17, 15) is 9.59 Å².